The third kappa shape index (κ3) is 3.26. The highest BCUT2D eigenvalue weighted by Crippen LogP contribution is 2.29. The summed E-state index contributed by atoms with van der Waals surface area (Å²) < 4.78 is 37.1. The molecule has 19 heavy (non-hydrogen) atoms. The van der Waals surface area contributed by atoms with Crippen molar-refractivity contribution < 1.29 is 23.1 Å². The molecule has 2 unspecified atom stereocenters. The van der Waals surface area contributed by atoms with Gasteiger partial charge in [0.1, 0.15) is 0 Å². The van der Waals surface area contributed by atoms with Crippen molar-refractivity contribution in [3.63, 3.8) is 0 Å². The second-order valence-corrected chi connectivity index (χ2v) is 4.65. The minimum absolute atomic E-state index is 0.159. The van der Waals surface area contributed by atoms with Crippen LogP contribution in [0, 0.1) is 0 Å². The molecule has 6 heteroatoms. The minimum atomic E-state index is -4.41. The van der Waals surface area contributed by atoms with E-state index in [0.717, 1.165) is 30.7 Å². The maximum Gasteiger partial charge on any atom is 0.416 e. The predicted molar refractivity (Wildman–Crippen MR) is 62.6 cm³/mol. The van der Waals surface area contributed by atoms with Gasteiger partial charge in [-0.3, -0.25) is 4.79 Å². The van der Waals surface area contributed by atoms with E-state index in [2.05, 4.69) is 5.32 Å². The van der Waals surface area contributed by atoms with Crippen LogP contribution in [0.4, 0.5) is 13.2 Å². The first-order chi connectivity index (χ1) is 8.88. The lowest BCUT2D eigenvalue weighted by molar-refractivity contribution is -0.137. The highest BCUT2D eigenvalue weighted by Gasteiger charge is 2.31. The van der Waals surface area contributed by atoms with Gasteiger partial charge in [-0.2, -0.15) is 13.2 Å². The number of aliphatic hydroxyl groups excluding tert-OH is 1. The second-order valence-electron chi connectivity index (χ2n) is 4.65. The first-order valence-electron chi connectivity index (χ1n) is 6.04. The zero-order valence-corrected chi connectivity index (χ0v) is 10.1. The van der Waals surface area contributed by atoms with Gasteiger partial charge in [0.2, 0.25) is 0 Å². The normalized spacial score (nSPS) is 23.4. The molecular formula is C13H14F3NO2. The number of alkyl halides is 3. The van der Waals surface area contributed by atoms with Crippen molar-refractivity contribution in [3.8, 4) is 0 Å². The van der Waals surface area contributed by atoms with Gasteiger partial charge in [0.25, 0.3) is 5.91 Å². The van der Waals surface area contributed by atoms with E-state index in [4.69, 9.17) is 0 Å². The Morgan fingerprint density at radius 3 is 2.32 bits per heavy atom. The van der Waals surface area contributed by atoms with Crippen LogP contribution >= 0.6 is 0 Å². The molecule has 1 fully saturated rings. The zero-order chi connectivity index (χ0) is 14.0. The number of aliphatic hydroxyl groups is 1. The molecule has 0 heterocycles. The van der Waals surface area contributed by atoms with Gasteiger partial charge in [-0.05, 0) is 43.5 Å². The first-order valence-corrected chi connectivity index (χ1v) is 6.04. The van der Waals surface area contributed by atoms with Crippen LogP contribution in [0.5, 0.6) is 0 Å². The van der Waals surface area contributed by atoms with E-state index in [1.165, 1.54) is 0 Å². The minimum Gasteiger partial charge on any atom is -0.391 e. The van der Waals surface area contributed by atoms with Crippen LogP contribution in [0.25, 0.3) is 0 Å². The van der Waals surface area contributed by atoms with E-state index in [1.54, 1.807) is 0 Å². The van der Waals surface area contributed by atoms with Crippen LogP contribution < -0.4 is 5.32 Å². The SMILES string of the molecule is O=C(NC1CCCC1O)c1ccc(C(F)(F)F)cc1. The third-order valence-electron chi connectivity index (χ3n) is 3.27. The predicted octanol–water partition coefficient (Wildman–Crippen LogP) is 2.35. The molecule has 2 rings (SSSR count). The second kappa shape index (κ2) is 5.21. The van der Waals surface area contributed by atoms with Crippen molar-refractivity contribution in [1.82, 2.24) is 5.32 Å². The number of carbonyl (C=O) groups excluding carboxylic acids is 1. The highest BCUT2D eigenvalue weighted by molar-refractivity contribution is 5.94. The van der Waals surface area contributed by atoms with E-state index in [-0.39, 0.29) is 11.6 Å². The largest absolute Gasteiger partial charge is 0.416 e. The molecule has 3 nitrogen and oxygen atoms in total. The summed E-state index contributed by atoms with van der Waals surface area (Å²) in [4.78, 5) is 11.8. The van der Waals surface area contributed by atoms with Crippen molar-refractivity contribution >= 4 is 5.91 Å². The Bertz CT molecular complexity index is 456. The molecular weight excluding hydrogens is 259 g/mol. The Labute approximate surface area is 108 Å². The number of amides is 1. The van der Waals surface area contributed by atoms with Gasteiger partial charge in [-0.15, -0.1) is 0 Å². The van der Waals surface area contributed by atoms with E-state index in [9.17, 15) is 23.1 Å². The van der Waals surface area contributed by atoms with Crippen molar-refractivity contribution in [3.05, 3.63) is 35.4 Å². The highest BCUT2D eigenvalue weighted by atomic mass is 19.4. The summed E-state index contributed by atoms with van der Waals surface area (Å²) in [6.45, 7) is 0. The molecule has 0 radical (unpaired) electrons. The van der Waals surface area contributed by atoms with Crippen molar-refractivity contribution in [1.29, 1.82) is 0 Å². The smallest absolute Gasteiger partial charge is 0.391 e. The molecule has 104 valence electrons. The monoisotopic (exact) mass is 273 g/mol. The molecule has 1 aliphatic rings. The quantitative estimate of drug-likeness (QED) is 0.869. The number of benzene rings is 1. The fourth-order valence-corrected chi connectivity index (χ4v) is 2.17. The van der Waals surface area contributed by atoms with Crippen molar-refractivity contribution in [2.24, 2.45) is 0 Å². The summed E-state index contributed by atoms with van der Waals surface area (Å²) >= 11 is 0. The average molecular weight is 273 g/mol. The average Bonchev–Trinajstić information content (AvgIpc) is 2.74. The molecule has 0 bridgehead atoms. The molecule has 0 spiro atoms. The summed E-state index contributed by atoms with van der Waals surface area (Å²) in [5.74, 6) is -0.459. The molecule has 1 aliphatic carbocycles. The Morgan fingerprint density at radius 2 is 1.84 bits per heavy atom. The van der Waals surface area contributed by atoms with E-state index < -0.39 is 23.8 Å². The number of nitrogens with one attached hydrogen (secondary N) is 1. The Kier molecular flexibility index (Phi) is 3.80. The number of hydrogen-bond acceptors (Lipinski definition) is 2. The molecule has 0 aliphatic heterocycles. The lowest BCUT2D eigenvalue weighted by atomic mass is 10.1. The molecule has 1 saturated carbocycles. The topological polar surface area (TPSA) is 49.3 Å². The summed E-state index contributed by atoms with van der Waals surface area (Å²) in [7, 11) is 0. The number of rotatable bonds is 2. The molecule has 0 saturated heterocycles. The van der Waals surface area contributed by atoms with Crippen LogP contribution in [0.1, 0.15) is 35.2 Å². The molecule has 0 aromatic heterocycles. The number of hydrogen-bond donors (Lipinski definition) is 2. The van der Waals surface area contributed by atoms with Crippen molar-refractivity contribution in [2.45, 2.75) is 37.6 Å². The lowest BCUT2D eigenvalue weighted by Gasteiger charge is -2.16. The molecule has 1 aromatic carbocycles. The van der Waals surface area contributed by atoms with Gasteiger partial charge in [0.15, 0.2) is 0 Å². The fourth-order valence-electron chi connectivity index (χ4n) is 2.17. The Balaban J connectivity index is 2.03. The Hall–Kier alpha value is -1.56. The first kappa shape index (κ1) is 13.9. The van der Waals surface area contributed by atoms with Crippen LogP contribution in [0.2, 0.25) is 0 Å². The van der Waals surface area contributed by atoms with Crippen LogP contribution in [-0.4, -0.2) is 23.2 Å². The molecule has 2 N–H and O–H groups in total. The lowest BCUT2D eigenvalue weighted by Crippen LogP contribution is -2.39. The van der Waals surface area contributed by atoms with Crippen LogP contribution in [0.3, 0.4) is 0 Å². The Morgan fingerprint density at radius 1 is 1.21 bits per heavy atom. The van der Waals surface area contributed by atoms with E-state index in [1.807, 2.05) is 0 Å². The third-order valence-corrected chi connectivity index (χ3v) is 3.27. The number of halogens is 3. The summed E-state index contributed by atoms with van der Waals surface area (Å²) in [5.41, 5.74) is -0.628. The van der Waals surface area contributed by atoms with Gasteiger partial charge in [-0.25, -0.2) is 0 Å². The van der Waals surface area contributed by atoms with Gasteiger partial charge < -0.3 is 10.4 Å². The van der Waals surface area contributed by atoms with Gasteiger partial charge in [-0.1, -0.05) is 0 Å². The summed E-state index contributed by atoms with van der Waals surface area (Å²) in [5, 5.41) is 12.2. The summed E-state index contributed by atoms with van der Waals surface area (Å²) in [6.07, 6.45) is -2.82. The van der Waals surface area contributed by atoms with Gasteiger partial charge >= 0.3 is 6.18 Å². The fraction of sp³-hybridized carbons (Fsp3) is 0.462. The molecule has 1 aromatic rings. The number of carbonyl (C=O) groups is 1. The van der Waals surface area contributed by atoms with Crippen LogP contribution in [0.15, 0.2) is 24.3 Å². The van der Waals surface area contributed by atoms with Crippen molar-refractivity contribution in [2.75, 3.05) is 0 Å². The van der Waals surface area contributed by atoms with E-state index in [0.29, 0.717) is 12.8 Å². The van der Waals surface area contributed by atoms with Gasteiger partial charge in [0.05, 0.1) is 17.7 Å². The van der Waals surface area contributed by atoms with Crippen LogP contribution in [-0.2, 0) is 6.18 Å². The zero-order valence-electron chi connectivity index (χ0n) is 10.1. The van der Waals surface area contributed by atoms with E-state index >= 15 is 0 Å². The standard InChI is InChI=1S/C13H14F3NO2/c14-13(15,16)9-6-4-8(5-7-9)12(19)17-10-2-1-3-11(10)18/h4-7,10-11,18H,1-3H2,(H,17,19). The molecule has 1 amide bonds. The van der Waals surface area contributed by atoms with Gasteiger partial charge in [0, 0.05) is 5.56 Å². The molecule has 2 atom stereocenters. The summed E-state index contributed by atoms with van der Waals surface area (Å²) in [6, 6.07) is 3.72. The maximum absolute atomic E-state index is 12.4. The maximum atomic E-state index is 12.4.